The largest absolute Gasteiger partial charge is 0.324 e. The zero-order chi connectivity index (χ0) is 17.1. The summed E-state index contributed by atoms with van der Waals surface area (Å²) in [6, 6.07) is 6.62. The van der Waals surface area contributed by atoms with Gasteiger partial charge in [0, 0.05) is 5.69 Å². The number of hydrogen-bond donors (Lipinski definition) is 1. The lowest BCUT2D eigenvalue weighted by Crippen LogP contribution is -2.47. The van der Waals surface area contributed by atoms with Gasteiger partial charge in [-0.2, -0.15) is 0 Å². The molecule has 0 spiro atoms. The molecule has 3 nitrogen and oxygen atoms in total. The molecule has 1 saturated heterocycles. The van der Waals surface area contributed by atoms with E-state index in [4.69, 9.17) is 0 Å². The molecule has 3 heteroatoms. The third kappa shape index (κ3) is 4.00. The minimum absolute atomic E-state index is 0.0446. The highest BCUT2D eigenvalue weighted by molar-refractivity contribution is 5.95. The Bertz CT molecular complexity index is 577. The molecule has 1 aromatic carbocycles. The van der Waals surface area contributed by atoms with Gasteiger partial charge in [-0.25, -0.2) is 0 Å². The van der Waals surface area contributed by atoms with Gasteiger partial charge in [0.05, 0.1) is 6.04 Å². The fraction of sp³-hybridized carbons (Fsp3) is 0.667. The van der Waals surface area contributed by atoms with E-state index in [9.17, 15) is 4.79 Å². The topological polar surface area (TPSA) is 32.3 Å². The molecule has 1 amide bonds. The first kappa shape index (κ1) is 17.5. The summed E-state index contributed by atoms with van der Waals surface area (Å²) in [5.41, 5.74) is 3.58. The van der Waals surface area contributed by atoms with Gasteiger partial charge >= 0.3 is 0 Å². The predicted octanol–water partition coefficient (Wildman–Crippen LogP) is 4.71. The average Bonchev–Trinajstić information content (AvgIpc) is 3.42. The number of nitrogens with one attached hydrogen (secondary N) is 1. The lowest BCUT2D eigenvalue weighted by molar-refractivity contribution is -0.122. The first-order valence-corrected chi connectivity index (χ1v) is 9.75. The van der Waals surface area contributed by atoms with Crippen LogP contribution in [-0.4, -0.2) is 29.9 Å². The van der Waals surface area contributed by atoms with Crippen LogP contribution in [0.5, 0.6) is 0 Å². The van der Waals surface area contributed by atoms with Crippen molar-refractivity contribution in [1.29, 1.82) is 0 Å². The van der Waals surface area contributed by atoms with Crippen molar-refractivity contribution in [2.75, 3.05) is 18.4 Å². The van der Waals surface area contributed by atoms with Gasteiger partial charge in [-0.3, -0.25) is 9.69 Å². The maximum atomic E-state index is 12.8. The van der Waals surface area contributed by atoms with Gasteiger partial charge in [-0.05, 0) is 81.1 Å². The minimum Gasteiger partial charge on any atom is -0.324 e. The molecule has 0 radical (unpaired) electrons. The molecular formula is C21H32N2O. The molecule has 3 rings (SSSR count). The highest BCUT2D eigenvalue weighted by Gasteiger charge is 2.30. The first-order valence-electron chi connectivity index (χ1n) is 9.75. The van der Waals surface area contributed by atoms with Crippen LogP contribution in [0.25, 0.3) is 0 Å². The fourth-order valence-electron chi connectivity index (χ4n) is 4.04. The van der Waals surface area contributed by atoms with E-state index >= 15 is 0 Å². The maximum absolute atomic E-state index is 12.8. The minimum atomic E-state index is 0.0446. The van der Waals surface area contributed by atoms with Crippen molar-refractivity contribution in [2.45, 2.75) is 71.3 Å². The number of likely N-dealkylation sites (tertiary alicyclic amines) is 1. The molecule has 2 aliphatic rings. The second kappa shape index (κ2) is 7.69. The molecule has 1 saturated carbocycles. The van der Waals surface area contributed by atoms with Gasteiger partial charge in [0.15, 0.2) is 0 Å². The van der Waals surface area contributed by atoms with Crippen molar-refractivity contribution in [2.24, 2.45) is 5.92 Å². The van der Waals surface area contributed by atoms with Crippen molar-refractivity contribution in [1.82, 2.24) is 4.90 Å². The Labute approximate surface area is 146 Å². The van der Waals surface area contributed by atoms with E-state index < -0.39 is 0 Å². The van der Waals surface area contributed by atoms with Crippen LogP contribution < -0.4 is 5.32 Å². The number of amides is 1. The van der Waals surface area contributed by atoms with E-state index in [0.29, 0.717) is 5.92 Å². The van der Waals surface area contributed by atoms with Gasteiger partial charge in [0.25, 0.3) is 0 Å². The fourth-order valence-corrected chi connectivity index (χ4v) is 4.04. The smallest absolute Gasteiger partial charge is 0.241 e. The predicted molar refractivity (Wildman–Crippen MR) is 100 cm³/mol. The number of carbonyl (C=O) groups is 1. The number of benzene rings is 1. The molecule has 1 aliphatic heterocycles. The number of hydrogen-bond acceptors (Lipinski definition) is 2. The van der Waals surface area contributed by atoms with Crippen molar-refractivity contribution < 1.29 is 4.79 Å². The maximum Gasteiger partial charge on any atom is 0.241 e. The summed E-state index contributed by atoms with van der Waals surface area (Å²) in [7, 11) is 0. The molecule has 132 valence electrons. The normalized spacial score (nSPS) is 23.0. The standard InChI is InChI=1S/C21H32N2O/c1-4-12-23-13-6-5-7-20(23)21(24)22-19-11-10-18(14-15(19)2)16(3)17-8-9-17/h10-11,14,16-17,20H,4-9,12-13H2,1-3H3,(H,22,24)/t16?,20-/m0/s1. The quantitative estimate of drug-likeness (QED) is 0.820. The van der Waals surface area contributed by atoms with E-state index in [-0.39, 0.29) is 11.9 Å². The Balaban J connectivity index is 1.67. The number of nitrogens with zero attached hydrogens (tertiary/aromatic N) is 1. The number of aryl methyl sites for hydroxylation is 1. The average molecular weight is 329 g/mol. The summed E-state index contributed by atoms with van der Waals surface area (Å²) in [5.74, 6) is 1.69. The number of piperidine rings is 1. The molecular weight excluding hydrogens is 296 g/mol. The Morgan fingerprint density at radius 1 is 1.29 bits per heavy atom. The third-order valence-electron chi connectivity index (χ3n) is 5.79. The van der Waals surface area contributed by atoms with E-state index in [2.05, 4.69) is 49.2 Å². The first-order chi connectivity index (χ1) is 11.6. The molecule has 1 N–H and O–H groups in total. The number of rotatable bonds is 6. The molecule has 1 aliphatic carbocycles. The Morgan fingerprint density at radius 3 is 2.75 bits per heavy atom. The summed E-state index contributed by atoms with van der Waals surface area (Å²) in [6.45, 7) is 8.71. The highest BCUT2D eigenvalue weighted by atomic mass is 16.2. The van der Waals surface area contributed by atoms with Crippen LogP contribution in [0.4, 0.5) is 5.69 Å². The Hall–Kier alpha value is -1.35. The summed E-state index contributed by atoms with van der Waals surface area (Å²) < 4.78 is 0. The molecule has 1 unspecified atom stereocenters. The van der Waals surface area contributed by atoms with Crippen LogP contribution in [-0.2, 0) is 4.79 Å². The van der Waals surface area contributed by atoms with E-state index in [1.54, 1.807) is 0 Å². The van der Waals surface area contributed by atoms with Crippen LogP contribution in [0.15, 0.2) is 18.2 Å². The van der Waals surface area contributed by atoms with E-state index in [1.165, 1.54) is 30.4 Å². The Morgan fingerprint density at radius 2 is 2.08 bits per heavy atom. The number of carbonyl (C=O) groups excluding carboxylic acids is 1. The lowest BCUT2D eigenvalue weighted by Gasteiger charge is -2.34. The monoisotopic (exact) mass is 328 g/mol. The molecule has 0 aromatic heterocycles. The molecule has 24 heavy (non-hydrogen) atoms. The zero-order valence-electron chi connectivity index (χ0n) is 15.5. The van der Waals surface area contributed by atoms with Crippen LogP contribution >= 0.6 is 0 Å². The van der Waals surface area contributed by atoms with Crippen molar-refractivity contribution >= 4 is 11.6 Å². The molecule has 2 fully saturated rings. The van der Waals surface area contributed by atoms with Gasteiger partial charge < -0.3 is 5.32 Å². The van der Waals surface area contributed by atoms with Crippen molar-refractivity contribution in [3.8, 4) is 0 Å². The van der Waals surface area contributed by atoms with Crippen LogP contribution in [0.3, 0.4) is 0 Å². The number of anilines is 1. The molecule has 2 atom stereocenters. The van der Waals surface area contributed by atoms with Crippen LogP contribution in [0.1, 0.15) is 69.4 Å². The van der Waals surface area contributed by atoms with E-state index in [0.717, 1.165) is 44.0 Å². The Kier molecular flexibility index (Phi) is 5.60. The molecule has 1 heterocycles. The van der Waals surface area contributed by atoms with Crippen LogP contribution in [0, 0.1) is 12.8 Å². The summed E-state index contributed by atoms with van der Waals surface area (Å²) in [6.07, 6.45) is 7.21. The third-order valence-corrected chi connectivity index (χ3v) is 5.79. The summed E-state index contributed by atoms with van der Waals surface area (Å²) in [5, 5.41) is 3.20. The van der Waals surface area contributed by atoms with Crippen LogP contribution in [0.2, 0.25) is 0 Å². The molecule has 1 aromatic rings. The van der Waals surface area contributed by atoms with Gasteiger partial charge in [-0.15, -0.1) is 0 Å². The molecule has 0 bridgehead atoms. The van der Waals surface area contributed by atoms with Crippen molar-refractivity contribution in [3.05, 3.63) is 29.3 Å². The van der Waals surface area contributed by atoms with Gasteiger partial charge in [0.1, 0.15) is 0 Å². The second-order valence-corrected chi connectivity index (χ2v) is 7.74. The van der Waals surface area contributed by atoms with Gasteiger partial charge in [-0.1, -0.05) is 32.4 Å². The second-order valence-electron chi connectivity index (χ2n) is 7.74. The highest BCUT2D eigenvalue weighted by Crippen LogP contribution is 2.42. The van der Waals surface area contributed by atoms with E-state index in [1.807, 2.05) is 0 Å². The van der Waals surface area contributed by atoms with Gasteiger partial charge in [0.2, 0.25) is 5.91 Å². The summed E-state index contributed by atoms with van der Waals surface area (Å²) in [4.78, 5) is 15.1. The lowest BCUT2D eigenvalue weighted by atomic mass is 9.94. The zero-order valence-corrected chi connectivity index (χ0v) is 15.5. The van der Waals surface area contributed by atoms with Crippen molar-refractivity contribution in [3.63, 3.8) is 0 Å². The summed E-state index contributed by atoms with van der Waals surface area (Å²) >= 11 is 0. The SMILES string of the molecule is CCCN1CCCC[C@H]1C(=O)Nc1ccc(C(C)C2CC2)cc1C.